The maximum Gasteiger partial charge on any atom is 0.191 e. The summed E-state index contributed by atoms with van der Waals surface area (Å²) in [4.78, 5) is 10.7. The van der Waals surface area contributed by atoms with Gasteiger partial charge in [0.1, 0.15) is 12.3 Å². The van der Waals surface area contributed by atoms with Crippen molar-refractivity contribution in [2.45, 2.75) is 39.3 Å². The molecule has 0 saturated carbocycles. The lowest BCUT2D eigenvalue weighted by atomic mass is 10.2. The normalized spacial score (nSPS) is 20.9. The minimum absolute atomic E-state index is 0.432. The van der Waals surface area contributed by atoms with Gasteiger partial charge in [0, 0.05) is 19.5 Å². The fourth-order valence-corrected chi connectivity index (χ4v) is 2.46. The van der Waals surface area contributed by atoms with Crippen LogP contribution in [0.1, 0.15) is 31.4 Å². The minimum Gasteiger partial charge on any atom is -0.444 e. The van der Waals surface area contributed by atoms with E-state index in [9.17, 15) is 0 Å². The van der Waals surface area contributed by atoms with Gasteiger partial charge in [-0.05, 0) is 25.9 Å². The van der Waals surface area contributed by atoms with Crippen LogP contribution < -0.4 is 11.1 Å². The maximum atomic E-state index is 5.85. The molecule has 0 radical (unpaired) electrons. The molecule has 1 aliphatic heterocycles. The quantitative estimate of drug-likeness (QED) is 0.610. The SMILES string of the molecule is CCN1CCCC1CNC(N)=NCc1cnc(C)o1. The van der Waals surface area contributed by atoms with E-state index in [1.54, 1.807) is 6.20 Å². The molecule has 0 bridgehead atoms. The highest BCUT2D eigenvalue weighted by molar-refractivity contribution is 5.77. The van der Waals surface area contributed by atoms with Crippen LogP contribution in [0.4, 0.5) is 0 Å². The highest BCUT2D eigenvalue weighted by Gasteiger charge is 2.22. The fraction of sp³-hybridized carbons (Fsp3) is 0.692. The molecule has 0 aromatic carbocycles. The lowest BCUT2D eigenvalue weighted by Gasteiger charge is -2.23. The molecule has 1 atom stereocenters. The Bertz CT molecular complexity index is 428. The summed E-state index contributed by atoms with van der Waals surface area (Å²) < 4.78 is 5.34. The Kier molecular flexibility index (Phi) is 4.79. The Morgan fingerprint density at radius 1 is 1.68 bits per heavy atom. The molecule has 19 heavy (non-hydrogen) atoms. The van der Waals surface area contributed by atoms with E-state index in [0.29, 0.717) is 24.4 Å². The van der Waals surface area contributed by atoms with Crippen LogP contribution in [0.2, 0.25) is 0 Å². The van der Waals surface area contributed by atoms with Crippen LogP contribution in [-0.4, -0.2) is 41.5 Å². The number of aliphatic imine (C=N–C) groups is 1. The first-order valence-electron chi connectivity index (χ1n) is 6.88. The monoisotopic (exact) mass is 265 g/mol. The highest BCUT2D eigenvalue weighted by Crippen LogP contribution is 2.15. The van der Waals surface area contributed by atoms with E-state index in [2.05, 4.69) is 27.1 Å². The van der Waals surface area contributed by atoms with E-state index in [-0.39, 0.29) is 0 Å². The van der Waals surface area contributed by atoms with Gasteiger partial charge in [0.25, 0.3) is 0 Å². The lowest BCUT2D eigenvalue weighted by Crippen LogP contribution is -2.42. The van der Waals surface area contributed by atoms with Gasteiger partial charge in [-0.2, -0.15) is 0 Å². The van der Waals surface area contributed by atoms with E-state index in [4.69, 9.17) is 10.2 Å². The third-order valence-electron chi connectivity index (χ3n) is 3.50. The number of likely N-dealkylation sites (N-methyl/N-ethyl adjacent to an activating group) is 1. The second kappa shape index (κ2) is 6.56. The molecule has 1 saturated heterocycles. The average molecular weight is 265 g/mol. The molecule has 0 spiro atoms. The molecule has 0 aliphatic carbocycles. The molecule has 6 heteroatoms. The molecule has 3 N–H and O–H groups in total. The molecule has 6 nitrogen and oxygen atoms in total. The highest BCUT2D eigenvalue weighted by atomic mass is 16.4. The largest absolute Gasteiger partial charge is 0.444 e. The number of aryl methyl sites for hydroxylation is 1. The number of hydrogen-bond acceptors (Lipinski definition) is 4. The number of likely N-dealkylation sites (tertiary alicyclic amines) is 1. The van der Waals surface area contributed by atoms with Crippen LogP contribution >= 0.6 is 0 Å². The van der Waals surface area contributed by atoms with Gasteiger partial charge in [0.2, 0.25) is 0 Å². The number of guanidine groups is 1. The van der Waals surface area contributed by atoms with Crippen molar-refractivity contribution >= 4 is 5.96 Å². The van der Waals surface area contributed by atoms with Crippen molar-refractivity contribution in [2.24, 2.45) is 10.7 Å². The summed E-state index contributed by atoms with van der Waals surface area (Å²) in [6.07, 6.45) is 4.19. The summed E-state index contributed by atoms with van der Waals surface area (Å²) in [6.45, 7) is 7.59. The van der Waals surface area contributed by atoms with Crippen LogP contribution in [0.5, 0.6) is 0 Å². The molecular weight excluding hydrogens is 242 g/mol. The summed E-state index contributed by atoms with van der Waals surface area (Å²) in [5, 5.41) is 3.19. The Morgan fingerprint density at radius 2 is 2.53 bits per heavy atom. The molecule has 1 fully saturated rings. The first-order valence-corrected chi connectivity index (χ1v) is 6.88. The summed E-state index contributed by atoms with van der Waals surface area (Å²) in [5.74, 6) is 1.86. The topological polar surface area (TPSA) is 79.7 Å². The predicted molar refractivity (Wildman–Crippen MR) is 74.8 cm³/mol. The summed E-state index contributed by atoms with van der Waals surface area (Å²) >= 11 is 0. The van der Waals surface area contributed by atoms with E-state index >= 15 is 0 Å². The first kappa shape index (κ1) is 13.9. The third-order valence-corrected chi connectivity index (χ3v) is 3.50. The molecule has 1 aromatic heterocycles. The number of nitrogens with one attached hydrogen (secondary N) is 1. The predicted octanol–water partition coefficient (Wildman–Crippen LogP) is 0.872. The number of nitrogens with zero attached hydrogens (tertiary/aromatic N) is 3. The molecule has 1 unspecified atom stereocenters. The fourth-order valence-electron chi connectivity index (χ4n) is 2.46. The molecule has 2 rings (SSSR count). The van der Waals surface area contributed by atoms with Gasteiger partial charge in [-0.15, -0.1) is 0 Å². The van der Waals surface area contributed by atoms with Crippen LogP contribution in [0.15, 0.2) is 15.6 Å². The first-order chi connectivity index (χ1) is 9.19. The molecule has 2 heterocycles. The molecular formula is C13H23N5O. The average Bonchev–Trinajstić information content (AvgIpc) is 3.02. The van der Waals surface area contributed by atoms with Gasteiger partial charge in [-0.1, -0.05) is 6.92 Å². The van der Waals surface area contributed by atoms with Crippen molar-refractivity contribution in [3.05, 3.63) is 17.8 Å². The number of rotatable bonds is 5. The number of aromatic nitrogens is 1. The zero-order chi connectivity index (χ0) is 13.7. The third kappa shape index (κ3) is 3.96. The van der Waals surface area contributed by atoms with E-state index in [1.807, 2.05) is 6.92 Å². The van der Waals surface area contributed by atoms with E-state index in [0.717, 1.165) is 18.8 Å². The maximum absolute atomic E-state index is 5.85. The summed E-state index contributed by atoms with van der Waals surface area (Å²) in [6, 6.07) is 0.575. The molecule has 1 aromatic rings. The zero-order valence-corrected chi connectivity index (χ0v) is 11.7. The van der Waals surface area contributed by atoms with Crippen molar-refractivity contribution in [1.29, 1.82) is 0 Å². The van der Waals surface area contributed by atoms with Gasteiger partial charge in [0.05, 0.1) is 6.20 Å². The number of nitrogens with two attached hydrogens (primary N) is 1. The number of hydrogen-bond donors (Lipinski definition) is 2. The zero-order valence-electron chi connectivity index (χ0n) is 11.7. The second-order valence-corrected chi connectivity index (χ2v) is 4.85. The Labute approximate surface area is 114 Å². The van der Waals surface area contributed by atoms with Gasteiger partial charge in [-0.25, -0.2) is 9.98 Å². The standard InChI is InChI=1S/C13H23N5O/c1-3-18-6-4-5-11(18)7-16-13(14)17-9-12-8-15-10(2)19-12/h8,11H,3-7,9H2,1-2H3,(H3,14,16,17). The van der Waals surface area contributed by atoms with Gasteiger partial charge in [-0.3, -0.25) is 4.90 Å². The van der Waals surface area contributed by atoms with E-state index < -0.39 is 0 Å². The molecule has 1 aliphatic rings. The van der Waals surface area contributed by atoms with Crippen LogP contribution in [0, 0.1) is 6.92 Å². The van der Waals surface area contributed by atoms with Crippen molar-refractivity contribution in [1.82, 2.24) is 15.2 Å². The second-order valence-electron chi connectivity index (χ2n) is 4.85. The molecule has 0 amide bonds. The van der Waals surface area contributed by atoms with E-state index in [1.165, 1.54) is 19.4 Å². The van der Waals surface area contributed by atoms with Gasteiger partial charge in [0.15, 0.2) is 11.9 Å². The smallest absolute Gasteiger partial charge is 0.191 e. The van der Waals surface area contributed by atoms with Crippen LogP contribution in [0.25, 0.3) is 0 Å². The van der Waals surface area contributed by atoms with Crippen molar-refractivity contribution in [3.63, 3.8) is 0 Å². The van der Waals surface area contributed by atoms with Crippen LogP contribution in [0.3, 0.4) is 0 Å². The van der Waals surface area contributed by atoms with Gasteiger partial charge < -0.3 is 15.5 Å². The van der Waals surface area contributed by atoms with Crippen molar-refractivity contribution < 1.29 is 4.42 Å². The minimum atomic E-state index is 0.432. The summed E-state index contributed by atoms with van der Waals surface area (Å²) in [5.41, 5.74) is 5.85. The Balaban J connectivity index is 1.76. The van der Waals surface area contributed by atoms with Crippen LogP contribution in [-0.2, 0) is 6.54 Å². The Hall–Kier alpha value is -1.56. The lowest BCUT2D eigenvalue weighted by molar-refractivity contribution is 0.267. The Morgan fingerprint density at radius 3 is 3.21 bits per heavy atom. The summed E-state index contributed by atoms with van der Waals surface area (Å²) in [7, 11) is 0. The van der Waals surface area contributed by atoms with Crippen molar-refractivity contribution in [3.8, 4) is 0 Å². The van der Waals surface area contributed by atoms with Gasteiger partial charge >= 0.3 is 0 Å². The number of oxazole rings is 1. The molecule has 106 valence electrons. The van der Waals surface area contributed by atoms with Crippen molar-refractivity contribution in [2.75, 3.05) is 19.6 Å².